The highest BCUT2D eigenvalue weighted by Gasteiger charge is 2.30. The van der Waals surface area contributed by atoms with E-state index in [0.29, 0.717) is 22.4 Å². The lowest BCUT2D eigenvalue weighted by atomic mass is 10.1. The second kappa shape index (κ2) is 14.5. The third-order valence-corrected chi connectivity index (χ3v) is 5.41. The average Bonchev–Trinajstić information content (AvgIpc) is 2.95. The maximum atomic E-state index is 12.3. The third kappa shape index (κ3) is 10.3. The van der Waals surface area contributed by atoms with Crippen molar-refractivity contribution in [3.05, 3.63) is 95.1 Å². The van der Waals surface area contributed by atoms with Crippen LogP contribution in [-0.2, 0) is 16.1 Å². The van der Waals surface area contributed by atoms with Crippen molar-refractivity contribution >= 4 is 23.4 Å². The molecular weight excluding hydrogens is 543 g/mol. The molecule has 0 bridgehead atoms. The highest BCUT2D eigenvalue weighted by molar-refractivity contribution is 5.97. The Morgan fingerprint density at radius 3 is 2.02 bits per heavy atom. The van der Waals surface area contributed by atoms with Crippen LogP contribution in [0.4, 0.5) is 18.9 Å². The van der Waals surface area contributed by atoms with Gasteiger partial charge in [0.2, 0.25) is 5.91 Å². The Balaban J connectivity index is 1.45. The van der Waals surface area contributed by atoms with Crippen LogP contribution in [0.3, 0.4) is 0 Å². The summed E-state index contributed by atoms with van der Waals surface area (Å²) in [7, 11) is 0. The molecule has 3 rings (SSSR count). The molecule has 41 heavy (non-hydrogen) atoms. The van der Waals surface area contributed by atoms with Gasteiger partial charge in [-0.05, 0) is 66.2 Å². The molecule has 1 atom stereocenters. The Hall–Kier alpha value is -4.90. The summed E-state index contributed by atoms with van der Waals surface area (Å²) >= 11 is 0. The number of anilines is 1. The lowest BCUT2D eigenvalue weighted by Crippen LogP contribution is -2.50. The number of hydrogen-bond acceptors (Lipinski definition) is 7. The lowest BCUT2D eigenvalue weighted by molar-refractivity contribution is -0.274. The van der Waals surface area contributed by atoms with Gasteiger partial charge >= 0.3 is 6.36 Å². The SMILES string of the molecule is NC[C@H](NC(=O)c1ccc(C#Cc2ccc(NC(=O)CNCc3ccc(OC(F)(F)F)cc3)cc2)cc1)C(=O)NO. The first-order chi connectivity index (χ1) is 19.6. The predicted octanol–water partition coefficient (Wildman–Crippen LogP) is 2.28. The van der Waals surface area contributed by atoms with Crippen LogP contribution in [0, 0.1) is 11.8 Å². The number of ether oxygens (including phenoxy) is 1. The molecule has 7 N–H and O–H groups in total. The van der Waals surface area contributed by atoms with Crippen LogP contribution < -0.4 is 31.9 Å². The van der Waals surface area contributed by atoms with Gasteiger partial charge in [0.25, 0.3) is 11.8 Å². The molecule has 0 fully saturated rings. The number of nitrogens with one attached hydrogen (secondary N) is 4. The Kier molecular flexibility index (Phi) is 10.8. The number of hydroxylamine groups is 1. The quantitative estimate of drug-likeness (QED) is 0.124. The molecule has 214 valence electrons. The topological polar surface area (TPSA) is 155 Å². The summed E-state index contributed by atoms with van der Waals surface area (Å²) in [5.74, 6) is 3.96. The van der Waals surface area contributed by atoms with Crippen molar-refractivity contribution in [1.82, 2.24) is 16.1 Å². The zero-order valence-electron chi connectivity index (χ0n) is 21.4. The van der Waals surface area contributed by atoms with Crippen LogP contribution in [0.25, 0.3) is 0 Å². The van der Waals surface area contributed by atoms with Gasteiger partial charge in [0.05, 0.1) is 6.54 Å². The zero-order chi connectivity index (χ0) is 29.8. The summed E-state index contributed by atoms with van der Waals surface area (Å²) in [5, 5.41) is 16.7. The Morgan fingerprint density at radius 1 is 0.902 bits per heavy atom. The Labute approximate surface area is 233 Å². The summed E-state index contributed by atoms with van der Waals surface area (Å²) in [6, 6.07) is 17.4. The molecule has 10 nitrogen and oxygen atoms in total. The number of nitrogens with two attached hydrogens (primary N) is 1. The molecule has 3 aromatic rings. The summed E-state index contributed by atoms with van der Waals surface area (Å²) in [6.07, 6.45) is -4.75. The van der Waals surface area contributed by atoms with E-state index in [0.717, 1.165) is 0 Å². The fourth-order valence-electron chi connectivity index (χ4n) is 3.37. The van der Waals surface area contributed by atoms with Crippen molar-refractivity contribution in [2.45, 2.75) is 18.9 Å². The van der Waals surface area contributed by atoms with Crippen LogP contribution in [0.15, 0.2) is 72.8 Å². The molecular formula is C28H26F3N5O5. The zero-order valence-corrected chi connectivity index (χ0v) is 21.4. The van der Waals surface area contributed by atoms with E-state index in [9.17, 15) is 27.6 Å². The Morgan fingerprint density at radius 2 is 1.49 bits per heavy atom. The first-order valence-electron chi connectivity index (χ1n) is 12.1. The number of carbonyl (C=O) groups excluding carboxylic acids is 3. The van der Waals surface area contributed by atoms with Crippen LogP contribution in [0.5, 0.6) is 5.75 Å². The maximum absolute atomic E-state index is 12.3. The van der Waals surface area contributed by atoms with E-state index >= 15 is 0 Å². The minimum absolute atomic E-state index is 0.0160. The molecule has 3 aromatic carbocycles. The summed E-state index contributed by atoms with van der Waals surface area (Å²) in [4.78, 5) is 35.9. The van der Waals surface area contributed by atoms with E-state index in [1.807, 2.05) is 0 Å². The first-order valence-corrected chi connectivity index (χ1v) is 12.1. The van der Waals surface area contributed by atoms with Gasteiger partial charge in [-0.3, -0.25) is 19.6 Å². The first kappa shape index (κ1) is 30.6. The van der Waals surface area contributed by atoms with Gasteiger partial charge in [0.15, 0.2) is 0 Å². The molecule has 0 aliphatic rings. The lowest BCUT2D eigenvalue weighted by Gasteiger charge is -2.14. The second-order valence-corrected chi connectivity index (χ2v) is 8.49. The van der Waals surface area contributed by atoms with Gasteiger partial charge < -0.3 is 26.4 Å². The van der Waals surface area contributed by atoms with Gasteiger partial charge in [-0.2, -0.15) is 0 Å². The number of alkyl halides is 3. The van der Waals surface area contributed by atoms with Crippen molar-refractivity contribution in [1.29, 1.82) is 0 Å². The standard InChI is InChI=1S/C28H26F3N5O5/c29-28(30,31)41-23-13-7-20(8-14-23)16-33-17-25(37)34-22-11-5-19(6-12-22)2-1-18-3-9-21(10-4-18)26(38)35-24(15-32)27(39)36-40/h3-14,24,33,40H,15-17,32H2,(H,34,37)(H,35,38)(H,36,39)/t24-/m0/s1. The molecule has 0 heterocycles. The van der Waals surface area contributed by atoms with Gasteiger partial charge in [-0.15, -0.1) is 13.2 Å². The molecule has 0 aliphatic heterocycles. The molecule has 0 aliphatic carbocycles. The third-order valence-electron chi connectivity index (χ3n) is 5.41. The number of halogens is 3. The monoisotopic (exact) mass is 569 g/mol. The van der Waals surface area contributed by atoms with E-state index in [1.54, 1.807) is 36.4 Å². The number of amides is 3. The van der Waals surface area contributed by atoms with Crippen molar-refractivity contribution in [3.63, 3.8) is 0 Å². The van der Waals surface area contributed by atoms with Crippen LogP contribution in [-0.4, -0.2) is 48.4 Å². The van der Waals surface area contributed by atoms with E-state index in [2.05, 4.69) is 32.5 Å². The van der Waals surface area contributed by atoms with Crippen molar-refractivity contribution < 1.29 is 37.5 Å². The molecule has 0 saturated carbocycles. The number of carbonyl (C=O) groups is 3. The van der Waals surface area contributed by atoms with Crippen LogP contribution in [0.1, 0.15) is 27.0 Å². The van der Waals surface area contributed by atoms with Gasteiger partial charge in [-0.1, -0.05) is 24.0 Å². The average molecular weight is 570 g/mol. The minimum Gasteiger partial charge on any atom is -0.406 e. The normalized spacial score (nSPS) is 11.4. The molecule has 3 amide bonds. The maximum Gasteiger partial charge on any atom is 0.573 e. The van der Waals surface area contributed by atoms with E-state index < -0.39 is 24.2 Å². The van der Waals surface area contributed by atoms with E-state index in [-0.39, 0.29) is 36.9 Å². The molecule has 0 aromatic heterocycles. The van der Waals surface area contributed by atoms with Crippen molar-refractivity contribution in [3.8, 4) is 17.6 Å². The van der Waals surface area contributed by atoms with Crippen molar-refractivity contribution in [2.24, 2.45) is 5.73 Å². The highest BCUT2D eigenvalue weighted by Crippen LogP contribution is 2.22. The fraction of sp³-hybridized carbons (Fsp3) is 0.179. The molecule has 0 saturated heterocycles. The number of benzene rings is 3. The number of rotatable bonds is 10. The van der Waals surface area contributed by atoms with E-state index in [1.165, 1.54) is 41.9 Å². The van der Waals surface area contributed by atoms with Crippen LogP contribution >= 0.6 is 0 Å². The summed E-state index contributed by atoms with van der Waals surface area (Å²) < 4.78 is 40.5. The molecule has 0 radical (unpaired) electrons. The molecule has 0 spiro atoms. The predicted molar refractivity (Wildman–Crippen MR) is 143 cm³/mol. The van der Waals surface area contributed by atoms with E-state index in [4.69, 9.17) is 10.9 Å². The van der Waals surface area contributed by atoms with Crippen LogP contribution in [0.2, 0.25) is 0 Å². The fourth-order valence-corrected chi connectivity index (χ4v) is 3.37. The minimum atomic E-state index is -4.75. The summed E-state index contributed by atoms with van der Waals surface area (Å²) in [6.45, 7) is 0.0681. The smallest absolute Gasteiger partial charge is 0.406 e. The van der Waals surface area contributed by atoms with Gasteiger partial charge in [-0.25, -0.2) is 5.48 Å². The second-order valence-electron chi connectivity index (χ2n) is 8.49. The molecule has 13 heteroatoms. The number of hydrogen-bond donors (Lipinski definition) is 6. The molecule has 0 unspecified atom stereocenters. The highest BCUT2D eigenvalue weighted by atomic mass is 19.4. The van der Waals surface area contributed by atoms with Gasteiger partial charge in [0, 0.05) is 35.5 Å². The summed E-state index contributed by atoms with van der Waals surface area (Å²) in [5.41, 5.74) is 9.70. The van der Waals surface area contributed by atoms with Gasteiger partial charge in [0.1, 0.15) is 11.8 Å². The largest absolute Gasteiger partial charge is 0.573 e. The Bertz CT molecular complexity index is 1400. The van der Waals surface area contributed by atoms with Crippen molar-refractivity contribution in [2.75, 3.05) is 18.4 Å².